The summed E-state index contributed by atoms with van der Waals surface area (Å²) < 4.78 is 26.6. The topological polar surface area (TPSA) is 50.3 Å². The Hall–Kier alpha value is -1.24. The third-order valence-electron chi connectivity index (χ3n) is 4.00. The summed E-state index contributed by atoms with van der Waals surface area (Å²) in [6, 6.07) is 7.09. The first-order valence-corrected chi connectivity index (χ1v) is 10.2. The number of thiazole rings is 1. The Balaban J connectivity index is 1.86. The Labute approximate surface area is 142 Å². The zero-order valence-electron chi connectivity index (χ0n) is 13.7. The molecule has 2 heterocycles. The zero-order valence-corrected chi connectivity index (χ0v) is 15.4. The molecule has 0 atom stereocenters. The second kappa shape index (κ2) is 6.00. The summed E-state index contributed by atoms with van der Waals surface area (Å²) in [7, 11) is -3.34. The molecule has 124 valence electrons. The van der Waals surface area contributed by atoms with Crippen LogP contribution in [0.3, 0.4) is 0 Å². The Morgan fingerprint density at radius 3 is 2.22 bits per heavy atom. The number of sulfonamides is 1. The van der Waals surface area contributed by atoms with Gasteiger partial charge >= 0.3 is 0 Å². The largest absolute Gasteiger partial charge is 0.243 e. The summed E-state index contributed by atoms with van der Waals surface area (Å²) in [5.41, 5.74) is 1.89. The maximum Gasteiger partial charge on any atom is 0.243 e. The van der Waals surface area contributed by atoms with Crippen molar-refractivity contribution in [2.45, 2.75) is 43.9 Å². The molecule has 3 rings (SSSR count). The second-order valence-electron chi connectivity index (χ2n) is 6.92. The molecule has 2 aromatic rings. The van der Waals surface area contributed by atoms with Crippen molar-refractivity contribution in [1.29, 1.82) is 0 Å². The van der Waals surface area contributed by atoms with Gasteiger partial charge in [0.25, 0.3) is 0 Å². The fourth-order valence-electron chi connectivity index (χ4n) is 2.63. The maximum atomic E-state index is 12.5. The van der Waals surface area contributed by atoms with E-state index >= 15 is 0 Å². The number of rotatable bonds is 3. The zero-order chi connectivity index (χ0) is 16.7. The van der Waals surface area contributed by atoms with Gasteiger partial charge in [-0.05, 0) is 25.0 Å². The van der Waals surface area contributed by atoms with Crippen LogP contribution in [0.1, 0.15) is 38.6 Å². The molecule has 1 saturated heterocycles. The smallest absolute Gasteiger partial charge is 0.241 e. The van der Waals surface area contributed by atoms with E-state index in [1.807, 2.05) is 17.5 Å². The van der Waals surface area contributed by atoms with Crippen molar-refractivity contribution >= 4 is 21.4 Å². The van der Waals surface area contributed by atoms with Crippen molar-refractivity contribution < 1.29 is 8.42 Å². The fraction of sp³-hybridized carbons (Fsp3) is 0.471. The van der Waals surface area contributed by atoms with Crippen LogP contribution in [0, 0.1) is 0 Å². The van der Waals surface area contributed by atoms with Crippen LogP contribution < -0.4 is 0 Å². The van der Waals surface area contributed by atoms with Gasteiger partial charge in [-0.2, -0.15) is 4.31 Å². The summed E-state index contributed by atoms with van der Waals surface area (Å²) in [4.78, 5) is 5.05. The van der Waals surface area contributed by atoms with E-state index in [1.54, 1.807) is 27.8 Å². The lowest BCUT2D eigenvalue weighted by molar-refractivity contribution is 0.477. The standard InChI is InChI=1S/C17H22N2O2S2/c1-17(2,3)16-18-15(12-22-16)13-6-8-14(9-7-13)23(20,21)19-10-4-5-11-19/h6-9,12H,4-5,10-11H2,1-3H3. The summed E-state index contributed by atoms with van der Waals surface area (Å²) in [6.45, 7) is 7.68. The summed E-state index contributed by atoms with van der Waals surface area (Å²) in [6.07, 6.45) is 1.90. The number of hydrogen-bond donors (Lipinski definition) is 0. The number of benzene rings is 1. The SMILES string of the molecule is CC(C)(C)c1nc(-c2ccc(S(=O)(=O)N3CCCC3)cc2)cs1. The van der Waals surface area contributed by atoms with Gasteiger partial charge < -0.3 is 0 Å². The molecule has 6 heteroatoms. The van der Waals surface area contributed by atoms with Crippen LogP contribution in [0.2, 0.25) is 0 Å². The van der Waals surface area contributed by atoms with Crippen LogP contribution in [0.4, 0.5) is 0 Å². The van der Waals surface area contributed by atoms with E-state index in [-0.39, 0.29) is 5.41 Å². The summed E-state index contributed by atoms with van der Waals surface area (Å²) in [5.74, 6) is 0. The van der Waals surface area contributed by atoms with Gasteiger partial charge in [-0.3, -0.25) is 0 Å². The van der Waals surface area contributed by atoms with Gasteiger partial charge in [0, 0.05) is 29.4 Å². The van der Waals surface area contributed by atoms with Crippen molar-refractivity contribution in [1.82, 2.24) is 9.29 Å². The number of aromatic nitrogens is 1. The fourth-order valence-corrected chi connectivity index (χ4v) is 5.06. The number of hydrogen-bond acceptors (Lipinski definition) is 4. The van der Waals surface area contributed by atoms with E-state index in [1.165, 1.54) is 0 Å². The summed E-state index contributed by atoms with van der Waals surface area (Å²) in [5, 5.41) is 3.12. The van der Waals surface area contributed by atoms with Gasteiger partial charge in [0.1, 0.15) is 0 Å². The molecule has 0 amide bonds. The van der Waals surface area contributed by atoms with E-state index in [9.17, 15) is 8.42 Å². The molecular weight excluding hydrogens is 328 g/mol. The highest BCUT2D eigenvalue weighted by Gasteiger charge is 2.27. The first-order valence-electron chi connectivity index (χ1n) is 7.85. The van der Waals surface area contributed by atoms with Crippen LogP contribution >= 0.6 is 11.3 Å². The summed E-state index contributed by atoms with van der Waals surface area (Å²) >= 11 is 1.64. The molecule has 1 aliphatic rings. The van der Waals surface area contributed by atoms with E-state index < -0.39 is 10.0 Å². The molecule has 23 heavy (non-hydrogen) atoms. The quantitative estimate of drug-likeness (QED) is 0.844. The number of nitrogens with zero attached hydrogens (tertiary/aromatic N) is 2. The molecule has 0 bridgehead atoms. The molecular formula is C17H22N2O2S2. The Morgan fingerprint density at radius 2 is 1.70 bits per heavy atom. The third kappa shape index (κ3) is 3.34. The molecule has 0 spiro atoms. The lowest BCUT2D eigenvalue weighted by atomic mass is 9.98. The Morgan fingerprint density at radius 1 is 1.09 bits per heavy atom. The van der Waals surface area contributed by atoms with Crippen LogP contribution in [-0.4, -0.2) is 30.8 Å². The van der Waals surface area contributed by atoms with Gasteiger partial charge in [-0.1, -0.05) is 32.9 Å². The molecule has 0 N–H and O–H groups in total. The van der Waals surface area contributed by atoms with Gasteiger partial charge in [0.05, 0.1) is 15.6 Å². The maximum absolute atomic E-state index is 12.5. The Bertz CT molecular complexity index is 781. The lowest BCUT2D eigenvalue weighted by Gasteiger charge is -2.15. The second-order valence-corrected chi connectivity index (χ2v) is 9.72. The molecule has 1 aromatic heterocycles. The molecule has 0 aliphatic carbocycles. The third-order valence-corrected chi connectivity index (χ3v) is 7.18. The molecule has 1 aliphatic heterocycles. The van der Waals surface area contributed by atoms with Crippen LogP contribution in [-0.2, 0) is 15.4 Å². The first kappa shape index (κ1) is 16.6. The van der Waals surface area contributed by atoms with E-state index in [2.05, 4.69) is 25.8 Å². The molecule has 0 radical (unpaired) electrons. The minimum Gasteiger partial charge on any atom is -0.241 e. The van der Waals surface area contributed by atoms with Crippen LogP contribution in [0.15, 0.2) is 34.5 Å². The highest BCUT2D eigenvalue weighted by atomic mass is 32.2. The normalized spacial score (nSPS) is 16.8. The first-order chi connectivity index (χ1) is 10.8. The molecule has 1 fully saturated rings. The van der Waals surface area contributed by atoms with E-state index in [0.29, 0.717) is 18.0 Å². The molecule has 4 nitrogen and oxygen atoms in total. The van der Waals surface area contributed by atoms with Crippen molar-refractivity contribution in [2.75, 3.05) is 13.1 Å². The Kier molecular flexibility index (Phi) is 4.33. The van der Waals surface area contributed by atoms with Crippen molar-refractivity contribution in [3.8, 4) is 11.3 Å². The average molecular weight is 351 g/mol. The van der Waals surface area contributed by atoms with Crippen LogP contribution in [0.5, 0.6) is 0 Å². The minimum absolute atomic E-state index is 0.0297. The van der Waals surface area contributed by atoms with E-state index in [4.69, 9.17) is 0 Å². The van der Waals surface area contributed by atoms with Crippen molar-refractivity contribution in [3.05, 3.63) is 34.7 Å². The van der Waals surface area contributed by atoms with Crippen molar-refractivity contribution in [2.24, 2.45) is 0 Å². The highest BCUT2D eigenvalue weighted by Crippen LogP contribution is 2.30. The minimum atomic E-state index is -3.34. The van der Waals surface area contributed by atoms with Gasteiger partial charge in [-0.15, -0.1) is 11.3 Å². The molecule has 0 saturated carbocycles. The van der Waals surface area contributed by atoms with Gasteiger partial charge in [0.15, 0.2) is 0 Å². The average Bonchev–Trinajstić information content (AvgIpc) is 3.18. The molecule has 1 aromatic carbocycles. The monoisotopic (exact) mass is 350 g/mol. The molecule has 0 unspecified atom stereocenters. The predicted octanol–water partition coefficient (Wildman–Crippen LogP) is 3.89. The van der Waals surface area contributed by atoms with E-state index in [0.717, 1.165) is 29.1 Å². The van der Waals surface area contributed by atoms with Crippen LogP contribution in [0.25, 0.3) is 11.3 Å². The van der Waals surface area contributed by atoms with Gasteiger partial charge in [0.2, 0.25) is 10.0 Å². The van der Waals surface area contributed by atoms with Crippen molar-refractivity contribution in [3.63, 3.8) is 0 Å². The lowest BCUT2D eigenvalue weighted by Crippen LogP contribution is -2.27. The van der Waals surface area contributed by atoms with Gasteiger partial charge in [-0.25, -0.2) is 13.4 Å². The highest BCUT2D eigenvalue weighted by molar-refractivity contribution is 7.89. The predicted molar refractivity (Wildman–Crippen MR) is 94.2 cm³/mol.